The molecule has 121 valence electrons. The summed E-state index contributed by atoms with van der Waals surface area (Å²) in [6, 6.07) is 16.4. The van der Waals surface area contributed by atoms with Gasteiger partial charge in [0.2, 0.25) is 0 Å². The third kappa shape index (κ3) is 4.82. The van der Waals surface area contributed by atoms with E-state index in [2.05, 4.69) is 73.7 Å². The van der Waals surface area contributed by atoms with E-state index in [0.717, 1.165) is 33.5 Å². The molecule has 3 heteroatoms. The van der Waals surface area contributed by atoms with Crippen LogP contribution >= 0.6 is 15.9 Å². The molecule has 0 amide bonds. The maximum Gasteiger partial charge on any atom is 0.119 e. The first kappa shape index (κ1) is 18.0. The van der Waals surface area contributed by atoms with Crippen LogP contribution in [0.3, 0.4) is 0 Å². The van der Waals surface area contributed by atoms with E-state index in [1.807, 2.05) is 24.3 Å². The van der Waals surface area contributed by atoms with Gasteiger partial charge in [0.25, 0.3) is 0 Å². The highest BCUT2D eigenvalue weighted by molar-refractivity contribution is 9.10. The zero-order valence-electron chi connectivity index (χ0n) is 14.3. The van der Waals surface area contributed by atoms with Gasteiger partial charge in [0.1, 0.15) is 5.75 Å². The minimum Gasteiger partial charge on any atom is -0.493 e. The van der Waals surface area contributed by atoms with Crippen LogP contribution in [0.25, 0.3) is 5.57 Å². The van der Waals surface area contributed by atoms with Crippen molar-refractivity contribution < 1.29 is 4.74 Å². The van der Waals surface area contributed by atoms with E-state index < -0.39 is 0 Å². The monoisotopic (exact) mass is 387 g/mol. The minimum absolute atomic E-state index is 0.267. The lowest BCUT2D eigenvalue weighted by molar-refractivity contribution is 0.276. The number of hydrogen-bond acceptors (Lipinski definition) is 1. The van der Waals surface area contributed by atoms with E-state index in [-0.39, 0.29) is 13.8 Å². The smallest absolute Gasteiger partial charge is 0.119 e. The molecule has 2 rings (SSSR count). The van der Waals surface area contributed by atoms with Crippen molar-refractivity contribution in [3.8, 4) is 5.75 Å². The van der Waals surface area contributed by atoms with Crippen LogP contribution in [-0.4, -0.2) is 15.4 Å². The molecule has 0 heterocycles. The number of rotatable bonds is 6. The standard InChI is InChI=1S/C20H24BrOSi/c1-15(17-7-6-8-18(21)13-17)16-9-11-19(12-10-16)22-14-20(2,3)23(4)5/h6-13H,1,14H2,2-5H3. The summed E-state index contributed by atoms with van der Waals surface area (Å²) in [6.45, 7) is 14.2. The lowest BCUT2D eigenvalue weighted by Gasteiger charge is -2.27. The molecule has 0 saturated heterocycles. The maximum absolute atomic E-state index is 5.98. The van der Waals surface area contributed by atoms with Crippen LogP contribution < -0.4 is 4.74 Å². The van der Waals surface area contributed by atoms with Crippen LogP contribution in [-0.2, 0) is 0 Å². The highest BCUT2D eigenvalue weighted by Gasteiger charge is 2.24. The molecule has 0 aliphatic rings. The van der Waals surface area contributed by atoms with Gasteiger partial charge in [-0.25, -0.2) is 0 Å². The summed E-state index contributed by atoms with van der Waals surface area (Å²) >= 11 is 3.51. The molecule has 0 aromatic heterocycles. The Morgan fingerprint density at radius 3 is 2.30 bits per heavy atom. The quantitative estimate of drug-likeness (QED) is 0.519. The fraction of sp³-hybridized carbons (Fsp3) is 0.300. The van der Waals surface area contributed by atoms with Gasteiger partial charge in [0, 0.05) is 4.47 Å². The molecule has 0 aliphatic heterocycles. The Labute approximate surface area is 150 Å². The zero-order valence-corrected chi connectivity index (χ0v) is 16.9. The van der Waals surface area contributed by atoms with Crippen LogP contribution in [0.2, 0.25) is 18.1 Å². The van der Waals surface area contributed by atoms with E-state index >= 15 is 0 Å². The molecule has 2 aromatic rings. The van der Waals surface area contributed by atoms with Crippen molar-refractivity contribution in [2.24, 2.45) is 0 Å². The zero-order chi connectivity index (χ0) is 17.0. The van der Waals surface area contributed by atoms with Gasteiger partial charge in [-0.1, -0.05) is 73.7 Å². The Balaban J connectivity index is 2.06. The topological polar surface area (TPSA) is 9.23 Å². The molecule has 0 unspecified atom stereocenters. The molecular formula is C20H24BrOSi. The van der Waals surface area contributed by atoms with Crippen LogP contribution in [0.5, 0.6) is 5.75 Å². The second-order valence-corrected chi connectivity index (χ2v) is 11.0. The first-order valence-electron chi connectivity index (χ1n) is 7.78. The summed E-state index contributed by atoms with van der Waals surface area (Å²) in [5, 5.41) is 0.267. The van der Waals surface area contributed by atoms with Gasteiger partial charge in [0.05, 0.1) is 15.4 Å². The normalized spacial score (nSPS) is 11.6. The average molecular weight is 388 g/mol. The Kier molecular flexibility index (Phi) is 5.87. The molecule has 0 bridgehead atoms. The number of hydrogen-bond donors (Lipinski definition) is 0. The van der Waals surface area contributed by atoms with Crippen molar-refractivity contribution in [3.63, 3.8) is 0 Å². The minimum atomic E-state index is -0.385. The van der Waals surface area contributed by atoms with Crippen LogP contribution in [0.1, 0.15) is 25.0 Å². The van der Waals surface area contributed by atoms with E-state index in [0.29, 0.717) is 0 Å². The van der Waals surface area contributed by atoms with Crippen molar-refractivity contribution in [1.82, 2.24) is 0 Å². The molecule has 0 atom stereocenters. The van der Waals surface area contributed by atoms with Gasteiger partial charge in [-0.3, -0.25) is 0 Å². The molecule has 23 heavy (non-hydrogen) atoms. The molecule has 0 N–H and O–H groups in total. The largest absolute Gasteiger partial charge is 0.493 e. The summed E-state index contributed by atoms with van der Waals surface area (Å²) in [7, 11) is -0.385. The van der Waals surface area contributed by atoms with Crippen LogP contribution in [0, 0.1) is 0 Å². The third-order valence-electron chi connectivity index (χ3n) is 4.33. The van der Waals surface area contributed by atoms with Crippen LogP contribution in [0.4, 0.5) is 0 Å². The van der Waals surface area contributed by atoms with Gasteiger partial charge in [-0.15, -0.1) is 0 Å². The van der Waals surface area contributed by atoms with E-state index in [9.17, 15) is 0 Å². The molecule has 2 aromatic carbocycles. The summed E-state index contributed by atoms with van der Waals surface area (Å²) in [6.07, 6.45) is 0. The summed E-state index contributed by atoms with van der Waals surface area (Å²) in [5.74, 6) is 0.923. The van der Waals surface area contributed by atoms with Crippen molar-refractivity contribution in [3.05, 3.63) is 70.7 Å². The molecule has 0 saturated carbocycles. The van der Waals surface area contributed by atoms with Gasteiger partial charge in [-0.2, -0.15) is 0 Å². The molecule has 0 aliphatic carbocycles. The highest BCUT2D eigenvalue weighted by Crippen LogP contribution is 2.30. The Hall–Kier alpha value is -1.32. The molecular weight excluding hydrogens is 364 g/mol. The fourth-order valence-corrected chi connectivity index (χ4v) is 2.76. The maximum atomic E-state index is 5.98. The molecule has 0 fully saturated rings. The van der Waals surface area contributed by atoms with Gasteiger partial charge in [-0.05, 0) is 46.0 Å². The van der Waals surface area contributed by atoms with Crippen LogP contribution in [0.15, 0.2) is 59.6 Å². The van der Waals surface area contributed by atoms with Gasteiger partial charge >= 0.3 is 0 Å². The highest BCUT2D eigenvalue weighted by atomic mass is 79.9. The second kappa shape index (κ2) is 7.50. The Bertz CT molecular complexity index is 674. The number of halogens is 1. The molecule has 0 spiro atoms. The first-order valence-corrected chi connectivity index (χ1v) is 11.1. The lowest BCUT2D eigenvalue weighted by atomic mass is 10.00. The summed E-state index contributed by atoms with van der Waals surface area (Å²) in [5.41, 5.74) is 3.26. The summed E-state index contributed by atoms with van der Waals surface area (Å²) < 4.78 is 7.04. The Morgan fingerprint density at radius 1 is 1.09 bits per heavy atom. The first-order chi connectivity index (χ1) is 10.8. The molecule has 1 radical (unpaired) electrons. The predicted octanol–water partition coefficient (Wildman–Crippen LogP) is 6.42. The lowest BCUT2D eigenvalue weighted by Crippen LogP contribution is -2.27. The van der Waals surface area contributed by atoms with Crippen molar-refractivity contribution >= 4 is 30.3 Å². The van der Waals surface area contributed by atoms with E-state index in [4.69, 9.17) is 4.74 Å². The molecule has 1 nitrogen and oxygen atoms in total. The SMILES string of the molecule is C=C(c1ccc(OCC(C)(C)[Si](C)C)cc1)c1cccc(Br)c1. The van der Waals surface area contributed by atoms with Crippen molar-refractivity contribution in [1.29, 1.82) is 0 Å². The fourth-order valence-electron chi connectivity index (χ4n) is 2.00. The van der Waals surface area contributed by atoms with Crippen molar-refractivity contribution in [2.75, 3.05) is 6.61 Å². The van der Waals surface area contributed by atoms with Crippen molar-refractivity contribution in [2.45, 2.75) is 32.0 Å². The number of ether oxygens (including phenoxy) is 1. The average Bonchev–Trinajstić information content (AvgIpc) is 2.52. The Morgan fingerprint density at radius 2 is 1.74 bits per heavy atom. The second-order valence-electron chi connectivity index (χ2n) is 6.69. The predicted molar refractivity (Wildman–Crippen MR) is 106 cm³/mol. The summed E-state index contributed by atoms with van der Waals surface area (Å²) in [4.78, 5) is 0. The van der Waals surface area contributed by atoms with Gasteiger partial charge in [0.15, 0.2) is 0 Å². The third-order valence-corrected chi connectivity index (χ3v) is 7.67. The van der Waals surface area contributed by atoms with Gasteiger partial charge < -0.3 is 4.74 Å². The number of benzene rings is 2. The van der Waals surface area contributed by atoms with E-state index in [1.165, 1.54) is 0 Å². The van der Waals surface area contributed by atoms with E-state index in [1.54, 1.807) is 0 Å².